The lowest BCUT2D eigenvalue weighted by Gasteiger charge is -2.05. The van der Waals surface area contributed by atoms with Crippen molar-refractivity contribution in [2.24, 2.45) is 0 Å². The molecule has 0 aliphatic carbocycles. The molecule has 130 valence electrons. The van der Waals surface area contributed by atoms with Crippen molar-refractivity contribution in [1.82, 2.24) is 14.5 Å². The second kappa shape index (κ2) is 6.74. The molecule has 0 unspecified atom stereocenters. The maximum Gasteiger partial charge on any atom is 0.254 e. The van der Waals surface area contributed by atoms with Crippen LogP contribution in [0.1, 0.15) is 0 Å². The summed E-state index contributed by atoms with van der Waals surface area (Å²) in [5.74, 6) is 0.122. The van der Waals surface area contributed by atoms with E-state index in [0.29, 0.717) is 21.6 Å². The first-order valence-corrected chi connectivity index (χ1v) is 8.74. The first-order chi connectivity index (χ1) is 12.6. The minimum Gasteiger partial charge on any atom is -0.463 e. The van der Waals surface area contributed by atoms with Gasteiger partial charge in [0, 0.05) is 11.1 Å². The highest BCUT2D eigenvalue weighted by atomic mass is 35.5. The van der Waals surface area contributed by atoms with Crippen molar-refractivity contribution in [2.75, 3.05) is 5.32 Å². The summed E-state index contributed by atoms with van der Waals surface area (Å²) >= 11 is 7.26. The van der Waals surface area contributed by atoms with Gasteiger partial charge in [-0.1, -0.05) is 22.9 Å². The van der Waals surface area contributed by atoms with Gasteiger partial charge in [-0.2, -0.15) is 0 Å². The molecule has 0 radical (unpaired) electrons. The van der Waals surface area contributed by atoms with Crippen molar-refractivity contribution in [3.05, 3.63) is 64.4 Å². The SMILES string of the molecule is O=C(Cn1cnc(-c2ccco2)cc1=O)Nc1nc2ccc(Cl)cc2s1. The molecule has 0 saturated heterocycles. The summed E-state index contributed by atoms with van der Waals surface area (Å²) in [6.45, 7) is -0.166. The Hall–Kier alpha value is -2.97. The van der Waals surface area contributed by atoms with E-state index < -0.39 is 0 Å². The van der Waals surface area contributed by atoms with Crippen molar-refractivity contribution in [3.8, 4) is 11.5 Å². The van der Waals surface area contributed by atoms with E-state index in [1.54, 1.807) is 30.3 Å². The maximum atomic E-state index is 12.2. The summed E-state index contributed by atoms with van der Waals surface area (Å²) < 4.78 is 7.29. The van der Waals surface area contributed by atoms with E-state index in [2.05, 4.69) is 15.3 Å². The largest absolute Gasteiger partial charge is 0.463 e. The number of furan rings is 1. The lowest BCUT2D eigenvalue weighted by Crippen LogP contribution is -2.27. The Kier molecular flexibility index (Phi) is 4.27. The van der Waals surface area contributed by atoms with Crippen LogP contribution in [0.4, 0.5) is 5.13 Å². The number of thiazole rings is 1. The minimum atomic E-state index is -0.371. The van der Waals surface area contributed by atoms with Crippen LogP contribution >= 0.6 is 22.9 Å². The van der Waals surface area contributed by atoms with Crippen LogP contribution in [0.3, 0.4) is 0 Å². The number of nitrogens with zero attached hydrogens (tertiary/aromatic N) is 3. The van der Waals surface area contributed by atoms with E-state index in [1.807, 2.05) is 0 Å². The summed E-state index contributed by atoms with van der Waals surface area (Å²) in [7, 11) is 0. The van der Waals surface area contributed by atoms with Gasteiger partial charge in [-0.25, -0.2) is 9.97 Å². The Morgan fingerprint density at radius 2 is 2.19 bits per heavy atom. The molecule has 0 bridgehead atoms. The van der Waals surface area contributed by atoms with Crippen molar-refractivity contribution in [1.29, 1.82) is 0 Å². The fourth-order valence-electron chi connectivity index (χ4n) is 2.37. The molecular formula is C17H11ClN4O3S. The highest BCUT2D eigenvalue weighted by Crippen LogP contribution is 2.28. The molecule has 7 nitrogen and oxygen atoms in total. The molecule has 3 heterocycles. The Balaban J connectivity index is 1.49. The third kappa shape index (κ3) is 3.37. The highest BCUT2D eigenvalue weighted by Gasteiger charge is 2.11. The molecule has 1 amide bonds. The number of aromatic nitrogens is 3. The zero-order valence-corrected chi connectivity index (χ0v) is 14.8. The van der Waals surface area contributed by atoms with Crippen molar-refractivity contribution in [3.63, 3.8) is 0 Å². The number of nitrogens with one attached hydrogen (secondary N) is 1. The summed E-state index contributed by atoms with van der Waals surface area (Å²) in [5, 5.41) is 3.74. The van der Waals surface area contributed by atoms with Gasteiger partial charge in [-0.3, -0.25) is 14.2 Å². The van der Waals surface area contributed by atoms with Gasteiger partial charge < -0.3 is 9.73 Å². The number of carbonyl (C=O) groups excluding carboxylic acids is 1. The van der Waals surface area contributed by atoms with Gasteiger partial charge in [0.1, 0.15) is 12.2 Å². The summed E-state index contributed by atoms with van der Waals surface area (Å²) in [5.41, 5.74) is 0.814. The minimum absolute atomic E-state index is 0.166. The number of hydrogen-bond donors (Lipinski definition) is 1. The molecule has 0 aliphatic heterocycles. The van der Waals surface area contributed by atoms with Gasteiger partial charge in [0.05, 0.1) is 22.8 Å². The lowest BCUT2D eigenvalue weighted by molar-refractivity contribution is -0.116. The third-order valence-electron chi connectivity index (χ3n) is 3.56. The van der Waals surface area contributed by atoms with Crippen molar-refractivity contribution < 1.29 is 9.21 Å². The number of amides is 1. The van der Waals surface area contributed by atoms with E-state index in [4.69, 9.17) is 16.0 Å². The summed E-state index contributed by atoms with van der Waals surface area (Å²) in [6.07, 6.45) is 2.82. The molecule has 1 N–H and O–H groups in total. The van der Waals surface area contributed by atoms with Crippen molar-refractivity contribution in [2.45, 2.75) is 6.54 Å². The van der Waals surface area contributed by atoms with Crippen LogP contribution in [0.25, 0.3) is 21.7 Å². The fourth-order valence-corrected chi connectivity index (χ4v) is 3.53. The van der Waals surface area contributed by atoms with Gasteiger partial charge in [-0.05, 0) is 30.3 Å². The first kappa shape index (κ1) is 16.5. The van der Waals surface area contributed by atoms with E-state index in [1.165, 1.54) is 34.6 Å². The average molecular weight is 387 g/mol. The quantitative estimate of drug-likeness (QED) is 0.580. The molecule has 0 aliphatic rings. The lowest BCUT2D eigenvalue weighted by atomic mass is 10.3. The molecule has 0 spiro atoms. The zero-order chi connectivity index (χ0) is 18.1. The van der Waals surface area contributed by atoms with Crippen LogP contribution < -0.4 is 10.9 Å². The van der Waals surface area contributed by atoms with E-state index >= 15 is 0 Å². The summed E-state index contributed by atoms with van der Waals surface area (Å²) in [4.78, 5) is 32.9. The number of anilines is 1. The van der Waals surface area contributed by atoms with Crippen LogP contribution in [0, 0.1) is 0 Å². The van der Waals surface area contributed by atoms with Gasteiger partial charge in [0.25, 0.3) is 5.56 Å². The van der Waals surface area contributed by atoms with Gasteiger partial charge >= 0.3 is 0 Å². The molecule has 0 atom stereocenters. The highest BCUT2D eigenvalue weighted by molar-refractivity contribution is 7.22. The number of benzene rings is 1. The van der Waals surface area contributed by atoms with E-state index in [9.17, 15) is 9.59 Å². The topological polar surface area (TPSA) is 90.0 Å². The van der Waals surface area contributed by atoms with Crippen LogP contribution in [0.15, 0.2) is 58.2 Å². The molecule has 26 heavy (non-hydrogen) atoms. The number of carbonyl (C=O) groups is 1. The Bertz CT molecular complexity index is 1150. The third-order valence-corrected chi connectivity index (χ3v) is 4.73. The molecular weight excluding hydrogens is 376 g/mol. The number of rotatable bonds is 4. The second-order valence-corrected chi connectivity index (χ2v) is 6.86. The van der Waals surface area contributed by atoms with Crippen LogP contribution in [0.5, 0.6) is 0 Å². The first-order valence-electron chi connectivity index (χ1n) is 7.55. The molecule has 9 heteroatoms. The summed E-state index contributed by atoms with van der Waals surface area (Å²) in [6, 6.07) is 10.0. The van der Waals surface area contributed by atoms with Gasteiger partial charge in [0.15, 0.2) is 10.9 Å². The predicted octanol–water partition coefficient (Wildman–Crippen LogP) is 3.41. The molecule has 4 rings (SSSR count). The Morgan fingerprint density at radius 3 is 2.96 bits per heavy atom. The van der Waals surface area contributed by atoms with E-state index in [-0.39, 0.29) is 18.0 Å². The Morgan fingerprint density at radius 1 is 1.31 bits per heavy atom. The molecule has 0 saturated carbocycles. The van der Waals surface area contributed by atoms with Crippen LogP contribution in [0.2, 0.25) is 5.02 Å². The fraction of sp³-hybridized carbons (Fsp3) is 0.0588. The predicted molar refractivity (Wildman–Crippen MR) is 99.5 cm³/mol. The van der Waals surface area contributed by atoms with Crippen LogP contribution in [-0.4, -0.2) is 20.4 Å². The second-order valence-electron chi connectivity index (χ2n) is 5.40. The van der Waals surface area contributed by atoms with Gasteiger partial charge in [0.2, 0.25) is 5.91 Å². The number of fused-ring (bicyclic) bond motifs is 1. The molecule has 3 aromatic heterocycles. The van der Waals surface area contributed by atoms with Gasteiger partial charge in [-0.15, -0.1) is 0 Å². The zero-order valence-electron chi connectivity index (χ0n) is 13.2. The van der Waals surface area contributed by atoms with Crippen molar-refractivity contribution >= 4 is 44.2 Å². The molecule has 0 fully saturated rings. The maximum absolute atomic E-state index is 12.2. The average Bonchev–Trinajstić information content (AvgIpc) is 3.25. The normalized spacial score (nSPS) is 11.0. The van der Waals surface area contributed by atoms with E-state index in [0.717, 1.165) is 10.2 Å². The smallest absolute Gasteiger partial charge is 0.254 e. The monoisotopic (exact) mass is 386 g/mol. The number of hydrogen-bond acceptors (Lipinski definition) is 6. The molecule has 4 aromatic rings. The standard InChI is InChI=1S/C17H11ClN4O3S/c18-10-3-4-11-14(6-10)26-17(20-11)21-15(23)8-22-9-19-12(7-16(22)24)13-2-1-5-25-13/h1-7,9H,8H2,(H,20,21,23). The Labute approximate surface area is 155 Å². The number of halogens is 1. The van der Waals surface area contributed by atoms with Crippen LogP contribution in [-0.2, 0) is 11.3 Å². The molecule has 1 aromatic carbocycles.